The fourth-order valence-electron chi connectivity index (χ4n) is 4.49. The van der Waals surface area contributed by atoms with E-state index in [2.05, 4.69) is 25.0 Å². The molecule has 2 aromatic heterocycles. The van der Waals surface area contributed by atoms with Gasteiger partial charge in [-0.2, -0.15) is 9.61 Å². The Morgan fingerprint density at radius 2 is 1.86 bits per heavy atom. The molecule has 0 bridgehead atoms. The van der Waals surface area contributed by atoms with Crippen LogP contribution >= 0.6 is 0 Å². The van der Waals surface area contributed by atoms with E-state index in [4.69, 9.17) is 41.0 Å². The third kappa shape index (κ3) is 12.0. The van der Waals surface area contributed by atoms with E-state index in [0.29, 0.717) is 43.4 Å². The molecule has 3 heterocycles. The quantitative estimate of drug-likeness (QED) is 0.0962. The Hall–Kier alpha value is -3.45. The number of carbonyl (C=O) groups is 1. The third-order valence-corrected chi connectivity index (χ3v) is 6.41. The smallest absolute Gasteiger partial charge is 0.310 e. The van der Waals surface area contributed by atoms with Gasteiger partial charge in [0.15, 0.2) is 5.65 Å². The zero-order valence-corrected chi connectivity index (χ0v) is 26.8. The molecule has 0 radical (unpaired) electrons. The van der Waals surface area contributed by atoms with Gasteiger partial charge in [0.25, 0.3) is 0 Å². The first-order valence-electron chi connectivity index (χ1n) is 14.6. The standard InChI is InChI=1S/C27H41N7O4.C4H10O/c1-6-13-36-19-21(28)17-33(29)18-22-15-24-30-20(4)23(16-25(35)37-8-3)26(34(24)31-22)32-11-9-27(5,10-12-32)38-14-7-2;1-4(2,3)5/h6-7,15,17H,1-2,8-14,16,18-19,28-29H2,3-5H3;5H,1-3H3/b21-17-;. The average molecular weight is 602 g/mol. The summed E-state index contributed by atoms with van der Waals surface area (Å²) in [6.45, 7) is 21.7. The molecule has 0 aliphatic carbocycles. The van der Waals surface area contributed by atoms with Crippen molar-refractivity contribution in [2.24, 2.45) is 11.6 Å². The maximum atomic E-state index is 12.5. The second-order valence-corrected chi connectivity index (χ2v) is 11.8. The van der Waals surface area contributed by atoms with Gasteiger partial charge in [-0.25, -0.2) is 10.8 Å². The summed E-state index contributed by atoms with van der Waals surface area (Å²) in [6, 6.07) is 1.89. The molecule has 12 nitrogen and oxygen atoms in total. The lowest BCUT2D eigenvalue weighted by molar-refractivity contribution is -0.142. The molecule has 5 N–H and O–H groups in total. The van der Waals surface area contributed by atoms with Crippen molar-refractivity contribution >= 4 is 17.4 Å². The third-order valence-electron chi connectivity index (χ3n) is 6.41. The normalized spacial score (nSPS) is 15.1. The minimum Gasteiger partial charge on any atom is -0.466 e. The van der Waals surface area contributed by atoms with Crippen LogP contribution in [0.2, 0.25) is 0 Å². The number of fused-ring (bicyclic) bond motifs is 1. The predicted molar refractivity (Wildman–Crippen MR) is 169 cm³/mol. The number of carbonyl (C=O) groups excluding carboxylic acids is 1. The molecule has 0 unspecified atom stereocenters. The molecule has 1 fully saturated rings. The Kier molecular flexibility index (Phi) is 13.6. The summed E-state index contributed by atoms with van der Waals surface area (Å²) in [5.74, 6) is 6.73. The van der Waals surface area contributed by atoms with E-state index >= 15 is 0 Å². The van der Waals surface area contributed by atoms with Crippen LogP contribution in [0.4, 0.5) is 5.82 Å². The summed E-state index contributed by atoms with van der Waals surface area (Å²) in [7, 11) is 0. The maximum Gasteiger partial charge on any atom is 0.310 e. The monoisotopic (exact) mass is 601 g/mol. The molecule has 0 saturated carbocycles. The second kappa shape index (κ2) is 16.4. The number of hydrogen-bond acceptors (Lipinski definition) is 11. The molecule has 1 aliphatic heterocycles. The molecule has 0 amide bonds. The highest BCUT2D eigenvalue weighted by molar-refractivity contribution is 5.76. The van der Waals surface area contributed by atoms with Gasteiger partial charge in [0.2, 0.25) is 0 Å². The first-order chi connectivity index (χ1) is 20.2. The van der Waals surface area contributed by atoms with Crippen LogP contribution in [0.3, 0.4) is 0 Å². The van der Waals surface area contributed by atoms with Crippen LogP contribution in [-0.2, 0) is 32.0 Å². The van der Waals surface area contributed by atoms with Gasteiger partial charge in [-0.3, -0.25) is 4.79 Å². The van der Waals surface area contributed by atoms with Crippen molar-refractivity contribution in [3.05, 3.63) is 60.2 Å². The van der Waals surface area contributed by atoms with Gasteiger partial charge in [0.1, 0.15) is 5.82 Å². The Bertz CT molecular complexity index is 1240. The van der Waals surface area contributed by atoms with E-state index in [9.17, 15) is 4.79 Å². The number of aliphatic hydroxyl groups is 1. The lowest BCUT2D eigenvalue weighted by Gasteiger charge is -2.40. The molecule has 0 spiro atoms. The van der Waals surface area contributed by atoms with Crippen molar-refractivity contribution in [1.82, 2.24) is 19.6 Å². The van der Waals surface area contributed by atoms with Gasteiger partial charge in [-0.05, 0) is 54.4 Å². The second-order valence-electron chi connectivity index (χ2n) is 11.8. The lowest BCUT2D eigenvalue weighted by atomic mass is 9.93. The summed E-state index contributed by atoms with van der Waals surface area (Å²) in [5, 5.41) is 14.8. The van der Waals surface area contributed by atoms with Crippen molar-refractivity contribution in [3.63, 3.8) is 0 Å². The predicted octanol–water partition coefficient (Wildman–Crippen LogP) is 3.16. The van der Waals surface area contributed by atoms with E-state index in [0.717, 1.165) is 43.0 Å². The van der Waals surface area contributed by atoms with Crippen molar-refractivity contribution in [3.8, 4) is 0 Å². The van der Waals surface area contributed by atoms with E-state index in [1.165, 1.54) is 5.01 Å². The number of ether oxygens (including phenoxy) is 3. The highest BCUT2D eigenvalue weighted by Crippen LogP contribution is 2.32. The minimum atomic E-state index is -0.500. The molecular formula is C31H51N7O5. The summed E-state index contributed by atoms with van der Waals surface area (Å²) >= 11 is 0. The number of rotatable bonds is 14. The van der Waals surface area contributed by atoms with E-state index in [-0.39, 0.29) is 24.6 Å². The summed E-state index contributed by atoms with van der Waals surface area (Å²) in [6.07, 6.45) is 6.81. The van der Waals surface area contributed by atoms with E-state index < -0.39 is 5.60 Å². The van der Waals surface area contributed by atoms with Gasteiger partial charge in [-0.15, -0.1) is 13.2 Å². The number of esters is 1. The highest BCUT2D eigenvalue weighted by Gasteiger charge is 2.33. The van der Waals surface area contributed by atoms with Crippen molar-refractivity contribution in [2.45, 2.75) is 78.6 Å². The van der Waals surface area contributed by atoms with E-state index in [1.807, 2.05) is 13.0 Å². The summed E-state index contributed by atoms with van der Waals surface area (Å²) in [4.78, 5) is 19.5. The SMILES string of the molecule is C=CCOC/C(N)=C/N(N)Cc1cc2nc(C)c(CC(=O)OCC)c(N3CCC(C)(OCC=C)CC3)n2n1.CC(C)(C)O. The van der Waals surface area contributed by atoms with Crippen molar-refractivity contribution in [2.75, 3.05) is 44.4 Å². The fraction of sp³-hybridized carbons (Fsp3) is 0.581. The minimum absolute atomic E-state index is 0.112. The Balaban J connectivity index is 0.00000119. The summed E-state index contributed by atoms with van der Waals surface area (Å²) < 4.78 is 18.5. The topological polar surface area (TPSA) is 154 Å². The van der Waals surface area contributed by atoms with Gasteiger partial charge in [0.05, 0.1) is 62.0 Å². The van der Waals surface area contributed by atoms with Crippen LogP contribution in [-0.4, -0.2) is 81.4 Å². The van der Waals surface area contributed by atoms with Crippen LogP contribution < -0.4 is 16.5 Å². The molecule has 240 valence electrons. The number of hydrazine groups is 1. The highest BCUT2D eigenvalue weighted by atomic mass is 16.5. The zero-order valence-electron chi connectivity index (χ0n) is 26.8. The van der Waals surface area contributed by atoms with Crippen molar-refractivity contribution < 1.29 is 24.1 Å². The number of piperidine rings is 1. The fourth-order valence-corrected chi connectivity index (χ4v) is 4.49. The molecule has 0 atom stereocenters. The molecule has 12 heteroatoms. The number of aryl methyl sites for hydroxylation is 1. The van der Waals surface area contributed by atoms with Crippen LogP contribution in [0.5, 0.6) is 0 Å². The molecule has 2 aromatic rings. The Labute approximate surface area is 255 Å². The zero-order chi connectivity index (χ0) is 32.2. The first kappa shape index (κ1) is 35.7. The number of nitrogens with two attached hydrogens (primary N) is 2. The number of hydrogen-bond donors (Lipinski definition) is 3. The average Bonchev–Trinajstić information content (AvgIpc) is 3.29. The van der Waals surface area contributed by atoms with Crippen LogP contribution in [0.1, 0.15) is 64.4 Å². The molecule has 3 rings (SSSR count). The van der Waals surface area contributed by atoms with Gasteiger partial charge in [0, 0.05) is 36.6 Å². The van der Waals surface area contributed by atoms with Crippen LogP contribution in [0.25, 0.3) is 5.65 Å². The molecule has 1 saturated heterocycles. The van der Waals surface area contributed by atoms with Crippen LogP contribution in [0, 0.1) is 6.92 Å². The number of nitrogens with zero attached hydrogens (tertiary/aromatic N) is 5. The van der Waals surface area contributed by atoms with Crippen molar-refractivity contribution in [1.29, 1.82) is 0 Å². The van der Waals surface area contributed by atoms with Gasteiger partial charge >= 0.3 is 5.97 Å². The summed E-state index contributed by atoms with van der Waals surface area (Å²) in [5.41, 5.74) is 8.71. The molecular weight excluding hydrogens is 550 g/mol. The van der Waals surface area contributed by atoms with Gasteiger partial charge in [-0.1, -0.05) is 12.2 Å². The number of aromatic nitrogens is 3. The number of anilines is 1. The molecule has 1 aliphatic rings. The van der Waals surface area contributed by atoms with Crippen LogP contribution in [0.15, 0.2) is 43.3 Å². The molecule has 43 heavy (non-hydrogen) atoms. The Morgan fingerprint density at radius 1 is 1.23 bits per heavy atom. The Morgan fingerprint density at radius 3 is 2.44 bits per heavy atom. The van der Waals surface area contributed by atoms with E-state index in [1.54, 1.807) is 50.6 Å². The lowest BCUT2D eigenvalue weighted by Crippen LogP contribution is -2.45. The largest absolute Gasteiger partial charge is 0.466 e. The van der Waals surface area contributed by atoms with Gasteiger partial charge < -0.3 is 35.0 Å². The molecule has 0 aromatic carbocycles. The maximum absolute atomic E-state index is 12.5. The first-order valence-corrected chi connectivity index (χ1v) is 14.6.